The first-order valence-corrected chi connectivity index (χ1v) is 9.66. The Morgan fingerprint density at radius 2 is 2.29 bits per heavy atom. The number of rotatable bonds is 6. The Balaban J connectivity index is 0.00000288. The maximum Gasteiger partial charge on any atom is 0.193 e. The Morgan fingerprint density at radius 1 is 1.50 bits per heavy atom. The number of aliphatic imine (C=N–C) groups is 1. The van der Waals surface area contributed by atoms with Crippen molar-refractivity contribution in [2.45, 2.75) is 39.2 Å². The van der Waals surface area contributed by atoms with Gasteiger partial charge >= 0.3 is 0 Å². The Morgan fingerprint density at radius 3 is 2.92 bits per heavy atom. The Kier molecular flexibility index (Phi) is 10.2. The average molecular weight is 464 g/mol. The van der Waals surface area contributed by atoms with Gasteiger partial charge in [0.15, 0.2) is 5.96 Å². The first-order valence-electron chi connectivity index (χ1n) is 8.78. The van der Waals surface area contributed by atoms with E-state index in [-0.39, 0.29) is 24.0 Å². The van der Waals surface area contributed by atoms with Crippen molar-refractivity contribution in [2.24, 2.45) is 10.9 Å². The van der Waals surface area contributed by atoms with Crippen molar-refractivity contribution in [3.8, 4) is 0 Å². The molecule has 0 aliphatic carbocycles. The number of piperidine rings is 1. The number of hydrogen-bond acceptors (Lipinski definition) is 3. The third-order valence-electron chi connectivity index (χ3n) is 4.68. The lowest BCUT2D eigenvalue weighted by atomic mass is 9.97. The smallest absolute Gasteiger partial charge is 0.193 e. The highest BCUT2D eigenvalue weighted by molar-refractivity contribution is 14.0. The normalized spacial score (nSPS) is 19.2. The molecule has 4 nitrogen and oxygen atoms in total. The Labute approximate surface area is 168 Å². The minimum atomic E-state index is 0. The predicted octanol–water partition coefficient (Wildman–Crippen LogP) is 3.54. The molecule has 1 N–H and O–H groups in total. The van der Waals surface area contributed by atoms with Crippen LogP contribution >= 0.6 is 35.3 Å². The molecule has 1 unspecified atom stereocenters. The summed E-state index contributed by atoms with van der Waals surface area (Å²) in [6, 6.07) is 4.99. The van der Waals surface area contributed by atoms with Gasteiger partial charge in [0, 0.05) is 44.6 Å². The first kappa shape index (κ1) is 21.7. The van der Waals surface area contributed by atoms with Gasteiger partial charge in [-0.05, 0) is 57.0 Å². The number of thiophene rings is 1. The van der Waals surface area contributed by atoms with Gasteiger partial charge in [-0.15, -0.1) is 35.3 Å². The fourth-order valence-electron chi connectivity index (χ4n) is 3.19. The number of nitrogens with one attached hydrogen (secondary N) is 1. The highest BCUT2D eigenvalue weighted by atomic mass is 127. The standard InChI is InChI=1S/C18H32N4S.HI/c1-15(2)22-10-5-7-16(14-22)13-20-18(19-3)21(4)11-9-17-8-6-12-23-17;/h6,8,12,15-16H,5,7,9-11,13-14H2,1-4H3,(H,19,20);1H. The van der Waals surface area contributed by atoms with Gasteiger partial charge < -0.3 is 15.1 Å². The van der Waals surface area contributed by atoms with Gasteiger partial charge in [0.2, 0.25) is 0 Å². The summed E-state index contributed by atoms with van der Waals surface area (Å²) in [6.45, 7) is 9.09. The largest absolute Gasteiger partial charge is 0.356 e. The summed E-state index contributed by atoms with van der Waals surface area (Å²) in [7, 11) is 4.01. The van der Waals surface area contributed by atoms with Crippen molar-refractivity contribution < 1.29 is 0 Å². The summed E-state index contributed by atoms with van der Waals surface area (Å²) < 4.78 is 0. The number of halogens is 1. The molecule has 1 aliphatic heterocycles. The zero-order chi connectivity index (χ0) is 16.7. The van der Waals surface area contributed by atoms with Gasteiger partial charge in [-0.2, -0.15) is 0 Å². The van der Waals surface area contributed by atoms with Crippen LogP contribution < -0.4 is 5.32 Å². The lowest BCUT2D eigenvalue weighted by molar-refractivity contribution is 0.140. The molecule has 6 heteroatoms. The van der Waals surface area contributed by atoms with Crippen LogP contribution in [0.5, 0.6) is 0 Å². The highest BCUT2D eigenvalue weighted by Gasteiger charge is 2.22. The van der Waals surface area contributed by atoms with Gasteiger partial charge in [0.1, 0.15) is 0 Å². The molecule has 0 bridgehead atoms. The molecule has 1 fully saturated rings. The van der Waals surface area contributed by atoms with E-state index in [1.54, 1.807) is 0 Å². The monoisotopic (exact) mass is 464 g/mol. The predicted molar refractivity (Wildman–Crippen MR) is 117 cm³/mol. The number of likely N-dealkylation sites (tertiary alicyclic amines) is 1. The minimum absolute atomic E-state index is 0. The second-order valence-electron chi connectivity index (χ2n) is 6.78. The molecule has 1 aliphatic rings. The van der Waals surface area contributed by atoms with Crippen LogP contribution in [0.15, 0.2) is 22.5 Å². The molecule has 1 aromatic heterocycles. The van der Waals surface area contributed by atoms with Crippen molar-refractivity contribution in [3.63, 3.8) is 0 Å². The first-order chi connectivity index (χ1) is 11.1. The second kappa shape index (κ2) is 11.3. The lowest BCUT2D eigenvalue weighted by Crippen LogP contribution is -2.46. The van der Waals surface area contributed by atoms with E-state index in [2.05, 4.69) is 58.5 Å². The number of hydrogen-bond donors (Lipinski definition) is 1. The molecular weight excluding hydrogens is 431 g/mol. The van der Waals surface area contributed by atoms with Crippen LogP contribution in [0.1, 0.15) is 31.6 Å². The third kappa shape index (κ3) is 6.88. The highest BCUT2D eigenvalue weighted by Crippen LogP contribution is 2.17. The van der Waals surface area contributed by atoms with Crippen LogP contribution in [0.4, 0.5) is 0 Å². The minimum Gasteiger partial charge on any atom is -0.356 e. The van der Waals surface area contributed by atoms with Crippen LogP contribution in [0, 0.1) is 5.92 Å². The molecule has 2 rings (SSSR count). The maximum absolute atomic E-state index is 4.45. The van der Waals surface area contributed by atoms with E-state index in [4.69, 9.17) is 0 Å². The van der Waals surface area contributed by atoms with Crippen molar-refractivity contribution >= 4 is 41.3 Å². The molecule has 1 atom stereocenters. The second-order valence-corrected chi connectivity index (χ2v) is 7.81. The van der Waals surface area contributed by atoms with E-state index in [0.29, 0.717) is 6.04 Å². The maximum atomic E-state index is 4.45. The van der Waals surface area contributed by atoms with E-state index < -0.39 is 0 Å². The van der Waals surface area contributed by atoms with E-state index in [1.807, 2.05) is 18.4 Å². The average Bonchev–Trinajstić information content (AvgIpc) is 3.07. The molecular formula is C18H33IN4S. The quantitative estimate of drug-likeness (QED) is 0.397. The van der Waals surface area contributed by atoms with E-state index in [0.717, 1.165) is 31.4 Å². The van der Waals surface area contributed by atoms with Crippen molar-refractivity contribution in [3.05, 3.63) is 22.4 Å². The van der Waals surface area contributed by atoms with Gasteiger partial charge in [0.05, 0.1) is 0 Å². The summed E-state index contributed by atoms with van der Waals surface area (Å²) in [4.78, 5) is 10.7. The van der Waals surface area contributed by atoms with E-state index in [9.17, 15) is 0 Å². The third-order valence-corrected chi connectivity index (χ3v) is 5.61. The van der Waals surface area contributed by atoms with Crippen LogP contribution in [-0.4, -0.2) is 62.1 Å². The van der Waals surface area contributed by atoms with E-state index >= 15 is 0 Å². The van der Waals surface area contributed by atoms with Crippen LogP contribution in [-0.2, 0) is 6.42 Å². The molecule has 1 saturated heterocycles. The molecule has 138 valence electrons. The Bertz CT molecular complexity index is 475. The molecule has 0 saturated carbocycles. The lowest BCUT2D eigenvalue weighted by Gasteiger charge is -2.36. The summed E-state index contributed by atoms with van der Waals surface area (Å²) in [6.07, 6.45) is 3.73. The molecule has 1 aromatic rings. The van der Waals surface area contributed by atoms with Crippen molar-refractivity contribution in [1.82, 2.24) is 15.1 Å². The topological polar surface area (TPSA) is 30.9 Å². The van der Waals surface area contributed by atoms with E-state index in [1.165, 1.54) is 30.8 Å². The number of likely N-dealkylation sites (N-methyl/N-ethyl adjacent to an activating group) is 1. The SMILES string of the molecule is CN=C(NCC1CCCN(C(C)C)C1)N(C)CCc1cccs1.I. The van der Waals surface area contributed by atoms with Crippen molar-refractivity contribution in [1.29, 1.82) is 0 Å². The summed E-state index contributed by atoms with van der Waals surface area (Å²) >= 11 is 1.83. The molecule has 2 heterocycles. The van der Waals surface area contributed by atoms with Gasteiger partial charge in [-0.3, -0.25) is 4.99 Å². The molecule has 0 aromatic carbocycles. The van der Waals surface area contributed by atoms with Gasteiger partial charge in [0.25, 0.3) is 0 Å². The fraction of sp³-hybridized carbons (Fsp3) is 0.722. The van der Waals surface area contributed by atoms with Crippen LogP contribution in [0.3, 0.4) is 0 Å². The molecule has 0 spiro atoms. The van der Waals surface area contributed by atoms with Gasteiger partial charge in [-0.1, -0.05) is 6.07 Å². The summed E-state index contributed by atoms with van der Waals surface area (Å²) in [5.74, 6) is 1.75. The summed E-state index contributed by atoms with van der Waals surface area (Å²) in [5.41, 5.74) is 0. The van der Waals surface area contributed by atoms with Gasteiger partial charge in [-0.25, -0.2) is 0 Å². The van der Waals surface area contributed by atoms with Crippen molar-refractivity contribution in [2.75, 3.05) is 40.3 Å². The zero-order valence-corrected chi connectivity index (χ0v) is 18.6. The molecule has 0 amide bonds. The van der Waals surface area contributed by atoms with Crippen LogP contribution in [0.2, 0.25) is 0 Å². The zero-order valence-electron chi connectivity index (χ0n) is 15.5. The summed E-state index contributed by atoms with van der Waals surface area (Å²) in [5, 5.41) is 5.73. The molecule has 24 heavy (non-hydrogen) atoms. The molecule has 0 radical (unpaired) electrons. The number of guanidine groups is 1. The number of nitrogens with zero attached hydrogens (tertiary/aromatic N) is 3. The Hall–Kier alpha value is -0.340. The fourth-order valence-corrected chi connectivity index (χ4v) is 3.89. The van der Waals surface area contributed by atoms with Crippen LogP contribution in [0.25, 0.3) is 0 Å².